The van der Waals surface area contributed by atoms with Crippen LogP contribution in [0, 0.1) is 5.95 Å². The van der Waals surface area contributed by atoms with Gasteiger partial charge in [0.15, 0.2) is 0 Å². The number of methoxy groups -OCH3 is 1. The van der Waals surface area contributed by atoms with Crippen LogP contribution in [0.3, 0.4) is 0 Å². The van der Waals surface area contributed by atoms with Gasteiger partial charge in [0.2, 0.25) is 5.95 Å². The lowest BCUT2D eigenvalue weighted by atomic mass is 10.1. The molecule has 0 spiro atoms. The first kappa shape index (κ1) is 11.3. The van der Waals surface area contributed by atoms with E-state index >= 15 is 0 Å². The third kappa shape index (κ3) is 3.14. The smallest absolute Gasteiger partial charge is 0.212 e. The number of hydrogen-bond donors (Lipinski definition) is 0. The van der Waals surface area contributed by atoms with Crippen LogP contribution in [0.1, 0.15) is 11.1 Å². The topological polar surface area (TPSA) is 22.1 Å². The Morgan fingerprint density at radius 1 is 1.00 bits per heavy atom. The summed E-state index contributed by atoms with van der Waals surface area (Å²) in [5, 5.41) is 0. The van der Waals surface area contributed by atoms with E-state index in [0.29, 0.717) is 0 Å². The lowest BCUT2D eigenvalue weighted by Crippen LogP contribution is -1.82. The van der Waals surface area contributed by atoms with Crippen LogP contribution in [0.25, 0.3) is 12.2 Å². The molecular formula is C14H12FNO. The number of benzene rings is 1. The van der Waals surface area contributed by atoms with Crippen LogP contribution in [-0.2, 0) is 0 Å². The molecule has 0 N–H and O–H groups in total. The molecule has 0 saturated heterocycles. The zero-order valence-electron chi connectivity index (χ0n) is 9.43. The molecule has 3 heteroatoms. The van der Waals surface area contributed by atoms with Gasteiger partial charge in [0.05, 0.1) is 7.11 Å². The Kier molecular flexibility index (Phi) is 3.50. The number of nitrogens with zero attached hydrogens (tertiary/aromatic N) is 1. The predicted octanol–water partition coefficient (Wildman–Crippen LogP) is 3.40. The molecule has 2 rings (SSSR count). The summed E-state index contributed by atoms with van der Waals surface area (Å²) in [7, 11) is 1.63. The van der Waals surface area contributed by atoms with Gasteiger partial charge >= 0.3 is 0 Å². The molecular weight excluding hydrogens is 217 g/mol. The van der Waals surface area contributed by atoms with Crippen molar-refractivity contribution in [1.82, 2.24) is 4.98 Å². The maximum absolute atomic E-state index is 12.6. The molecule has 0 atom stereocenters. The Morgan fingerprint density at radius 2 is 1.65 bits per heavy atom. The zero-order chi connectivity index (χ0) is 12.1. The van der Waals surface area contributed by atoms with Gasteiger partial charge in [-0.3, -0.25) is 0 Å². The Morgan fingerprint density at radius 3 is 2.24 bits per heavy atom. The first-order chi connectivity index (χ1) is 8.28. The van der Waals surface area contributed by atoms with Crippen LogP contribution in [-0.4, -0.2) is 12.1 Å². The van der Waals surface area contributed by atoms with Gasteiger partial charge in [0.25, 0.3) is 0 Å². The van der Waals surface area contributed by atoms with E-state index in [2.05, 4.69) is 4.98 Å². The van der Waals surface area contributed by atoms with Crippen LogP contribution in [0.4, 0.5) is 4.39 Å². The fourth-order valence-corrected chi connectivity index (χ4v) is 1.39. The number of hydrogen-bond acceptors (Lipinski definition) is 2. The second kappa shape index (κ2) is 5.25. The Balaban J connectivity index is 2.11. The van der Waals surface area contributed by atoms with Crippen molar-refractivity contribution >= 4 is 12.2 Å². The van der Waals surface area contributed by atoms with Crippen molar-refractivity contribution in [1.29, 1.82) is 0 Å². The molecule has 0 radical (unpaired) electrons. The number of rotatable bonds is 3. The minimum atomic E-state index is -0.466. The molecule has 0 unspecified atom stereocenters. The quantitative estimate of drug-likeness (QED) is 0.752. The van der Waals surface area contributed by atoms with Gasteiger partial charge in [-0.1, -0.05) is 24.3 Å². The van der Waals surface area contributed by atoms with Crippen LogP contribution < -0.4 is 4.74 Å². The first-order valence-electron chi connectivity index (χ1n) is 5.21. The van der Waals surface area contributed by atoms with Gasteiger partial charge in [-0.2, -0.15) is 4.39 Å². The van der Waals surface area contributed by atoms with Crippen molar-refractivity contribution in [3.8, 4) is 5.75 Å². The van der Waals surface area contributed by atoms with Crippen molar-refractivity contribution in [2.24, 2.45) is 0 Å². The van der Waals surface area contributed by atoms with Crippen molar-refractivity contribution in [3.05, 3.63) is 59.7 Å². The summed E-state index contributed by atoms with van der Waals surface area (Å²) < 4.78 is 17.7. The predicted molar refractivity (Wildman–Crippen MR) is 66.1 cm³/mol. The van der Waals surface area contributed by atoms with Gasteiger partial charge in [-0.15, -0.1) is 0 Å². The van der Waals surface area contributed by atoms with Gasteiger partial charge in [0, 0.05) is 6.20 Å². The average Bonchev–Trinajstić information content (AvgIpc) is 2.39. The van der Waals surface area contributed by atoms with Crippen LogP contribution in [0.5, 0.6) is 5.75 Å². The molecule has 86 valence electrons. The minimum absolute atomic E-state index is 0.466. The second-order valence-electron chi connectivity index (χ2n) is 3.52. The summed E-state index contributed by atoms with van der Waals surface area (Å²) in [5.41, 5.74) is 1.91. The summed E-state index contributed by atoms with van der Waals surface area (Å²) in [4.78, 5) is 3.58. The number of ether oxygens (including phenoxy) is 1. The highest BCUT2D eigenvalue weighted by molar-refractivity contribution is 5.69. The summed E-state index contributed by atoms with van der Waals surface area (Å²) in [5.74, 6) is 0.359. The fraction of sp³-hybridized carbons (Fsp3) is 0.0714. The highest BCUT2D eigenvalue weighted by atomic mass is 19.1. The Bertz CT molecular complexity index is 503. The van der Waals surface area contributed by atoms with Crippen molar-refractivity contribution in [2.45, 2.75) is 0 Å². The molecule has 0 aliphatic heterocycles. The molecule has 0 saturated carbocycles. The maximum Gasteiger partial charge on any atom is 0.212 e. The molecule has 2 aromatic rings. The van der Waals surface area contributed by atoms with Gasteiger partial charge in [0.1, 0.15) is 5.75 Å². The van der Waals surface area contributed by atoms with E-state index in [9.17, 15) is 4.39 Å². The van der Waals surface area contributed by atoms with Gasteiger partial charge in [-0.05, 0) is 35.4 Å². The molecule has 1 aromatic carbocycles. The monoisotopic (exact) mass is 229 g/mol. The van der Waals surface area contributed by atoms with Crippen LogP contribution in [0.2, 0.25) is 0 Å². The SMILES string of the molecule is COc1ccc(C=Cc2ccc(F)nc2)cc1. The van der Waals surface area contributed by atoms with E-state index in [-0.39, 0.29) is 0 Å². The molecule has 0 aliphatic rings. The van der Waals surface area contributed by atoms with Crippen molar-refractivity contribution in [2.75, 3.05) is 7.11 Å². The van der Waals surface area contributed by atoms with E-state index in [4.69, 9.17) is 4.74 Å². The molecule has 0 fully saturated rings. The van der Waals surface area contributed by atoms with E-state index < -0.39 is 5.95 Å². The van der Waals surface area contributed by atoms with Crippen molar-refractivity contribution < 1.29 is 9.13 Å². The summed E-state index contributed by atoms with van der Waals surface area (Å²) in [6.07, 6.45) is 5.32. The summed E-state index contributed by atoms with van der Waals surface area (Å²) in [6.45, 7) is 0. The van der Waals surface area contributed by atoms with Crippen LogP contribution in [0.15, 0.2) is 42.6 Å². The van der Waals surface area contributed by atoms with E-state index in [1.54, 1.807) is 13.2 Å². The van der Waals surface area contributed by atoms with Gasteiger partial charge < -0.3 is 4.74 Å². The zero-order valence-corrected chi connectivity index (χ0v) is 9.43. The number of halogens is 1. The standard InChI is InChI=1S/C14H12FNO/c1-17-13-7-4-11(5-8-13)2-3-12-6-9-14(15)16-10-12/h2-10H,1H3. The molecule has 1 heterocycles. The van der Waals surface area contributed by atoms with E-state index in [1.807, 2.05) is 36.4 Å². The summed E-state index contributed by atoms with van der Waals surface area (Å²) >= 11 is 0. The van der Waals surface area contributed by atoms with E-state index in [0.717, 1.165) is 16.9 Å². The molecule has 17 heavy (non-hydrogen) atoms. The van der Waals surface area contributed by atoms with Crippen molar-refractivity contribution in [3.63, 3.8) is 0 Å². The molecule has 2 nitrogen and oxygen atoms in total. The highest BCUT2D eigenvalue weighted by Crippen LogP contribution is 2.13. The lowest BCUT2D eigenvalue weighted by Gasteiger charge is -1.99. The molecule has 0 amide bonds. The third-order valence-corrected chi connectivity index (χ3v) is 2.33. The fourth-order valence-electron chi connectivity index (χ4n) is 1.39. The van der Waals surface area contributed by atoms with E-state index in [1.165, 1.54) is 12.3 Å². The normalized spacial score (nSPS) is 10.7. The Hall–Kier alpha value is -2.16. The maximum atomic E-state index is 12.6. The largest absolute Gasteiger partial charge is 0.497 e. The van der Waals surface area contributed by atoms with Gasteiger partial charge in [-0.25, -0.2) is 4.98 Å². The Labute approximate surface area is 99.4 Å². The molecule has 1 aromatic heterocycles. The summed E-state index contributed by atoms with van der Waals surface area (Å²) in [6, 6.07) is 10.7. The number of pyridine rings is 1. The highest BCUT2D eigenvalue weighted by Gasteiger charge is 1.92. The average molecular weight is 229 g/mol. The third-order valence-electron chi connectivity index (χ3n) is 2.33. The van der Waals surface area contributed by atoms with Crippen LogP contribution >= 0.6 is 0 Å². The molecule has 0 bridgehead atoms. The minimum Gasteiger partial charge on any atom is -0.497 e. The second-order valence-corrected chi connectivity index (χ2v) is 3.52. The molecule has 0 aliphatic carbocycles. The first-order valence-corrected chi connectivity index (χ1v) is 5.21. The number of aromatic nitrogens is 1. The lowest BCUT2D eigenvalue weighted by molar-refractivity contribution is 0.415.